The normalized spacial score (nSPS) is 16.6. The zero-order valence-corrected chi connectivity index (χ0v) is 22.0. The van der Waals surface area contributed by atoms with Crippen LogP contribution in [0.25, 0.3) is 11.8 Å². The predicted molar refractivity (Wildman–Crippen MR) is 148 cm³/mol. The second-order valence-corrected chi connectivity index (χ2v) is 10.2. The first kappa shape index (κ1) is 23.6. The van der Waals surface area contributed by atoms with Crippen molar-refractivity contribution < 1.29 is 9.15 Å². The van der Waals surface area contributed by atoms with Gasteiger partial charge in [-0.3, -0.25) is 9.36 Å². The molecule has 6 nitrogen and oxygen atoms in total. The van der Waals surface area contributed by atoms with E-state index in [1.54, 1.807) is 7.11 Å². The Bertz CT molecular complexity index is 1670. The quantitative estimate of drug-likeness (QED) is 0.374. The highest BCUT2D eigenvalue weighted by Crippen LogP contribution is 2.41. The molecule has 0 radical (unpaired) electrons. The van der Waals surface area contributed by atoms with Crippen LogP contribution in [0.2, 0.25) is 0 Å². The Morgan fingerprint density at radius 1 is 1.08 bits per heavy atom. The number of benzene rings is 2. The Morgan fingerprint density at radius 2 is 1.86 bits per heavy atom. The number of aromatic nitrogens is 1. The molecule has 0 saturated heterocycles. The number of rotatable bonds is 6. The van der Waals surface area contributed by atoms with Crippen molar-refractivity contribution in [2.24, 2.45) is 4.99 Å². The summed E-state index contributed by atoms with van der Waals surface area (Å²) >= 11 is 1.42. The molecule has 3 heterocycles. The molecule has 0 fully saturated rings. The molecular formula is C30H29N3O3S. The second kappa shape index (κ2) is 9.56. The molecule has 0 saturated carbocycles. The Morgan fingerprint density at radius 3 is 2.62 bits per heavy atom. The molecule has 37 heavy (non-hydrogen) atoms. The van der Waals surface area contributed by atoms with Gasteiger partial charge in [-0.2, -0.15) is 0 Å². The predicted octanol–water partition coefficient (Wildman–Crippen LogP) is 4.77. The van der Waals surface area contributed by atoms with Gasteiger partial charge in [0.2, 0.25) is 0 Å². The minimum atomic E-state index is -0.213. The molecule has 2 aliphatic rings. The molecular weight excluding hydrogens is 482 g/mol. The summed E-state index contributed by atoms with van der Waals surface area (Å²) in [4.78, 5) is 21.8. The maximum atomic E-state index is 13.9. The molecule has 1 aliphatic heterocycles. The van der Waals surface area contributed by atoms with Crippen molar-refractivity contribution in [2.75, 3.05) is 25.1 Å². The van der Waals surface area contributed by atoms with Gasteiger partial charge in [0.1, 0.15) is 11.5 Å². The number of fused-ring (bicyclic) bond motifs is 3. The van der Waals surface area contributed by atoms with Gasteiger partial charge in [0.05, 0.1) is 23.4 Å². The lowest BCUT2D eigenvalue weighted by Gasteiger charge is -2.30. The topological polar surface area (TPSA) is 60.0 Å². The fourth-order valence-corrected chi connectivity index (χ4v) is 6.34. The summed E-state index contributed by atoms with van der Waals surface area (Å²) in [7, 11) is 1.66. The number of furan rings is 1. The second-order valence-electron chi connectivity index (χ2n) is 9.24. The van der Waals surface area contributed by atoms with E-state index in [-0.39, 0.29) is 11.6 Å². The number of hydrogen-bond donors (Lipinski definition) is 0. The van der Waals surface area contributed by atoms with Crippen LogP contribution in [-0.2, 0) is 6.42 Å². The summed E-state index contributed by atoms with van der Waals surface area (Å²) < 4.78 is 13.9. The molecule has 0 N–H and O–H groups in total. The summed E-state index contributed by atoms with van der Waals surface area (Å²) in [6.07, 6.45) is 3.64. The monoisotopic (exact) mass is 511 g/mol. The summed E-state index contributed by atoms with van der Waals surface area (Å²) in [5, 5.41) is 0. The van der Waals surface area contributed by atoms with Crippen molar-refractivity contribution in [3.8, 4) is 5.75 Å². The van der Waals surface area contributed by atoms with Crippen LogP contribution < -0.4 is 24.5 Å². The molecule has 1 atom stereocenters. The number of anilines is 1. The third-order valence-electron chi connectivity index (χ3n) is 7.27. The third kappa shape index (κ3) is 4.03. The van der Waals surface area contributed by atoms with E-state index in [0.717, 1.165) is 54.4 Å². The molecule has 0 amide bonds. The maximum Gasteiger partial charge on any atom is 0.271 e. The van der Waals surface area contributed by atoms with Crippen molar-refractivity contribution >= 4 is 29.0 Å². The summed E-state index contributed by atoms with van der Waals surface area (Å²) in [6.45, 7) is 5.92. The molecule has 6 rings (SSSR count). The number of nitrogens with zero attached hydrogens (tertiary/aromatic N) is 3. The highest BCUT2D eigenvalue weighted by Gasteiger charge is 2.32. The van der Waals surface area contributed by atoms with E-state index in [4.69, 9.17) is 14.1 Å². The van der Waals surface area contributed by atoms with Gasteiger partial charge in [-0.25, -0.2) is 4.99 Å². The van der Waals surface area contributed by atoms with Crippen molar-refractivity contribution in [3.63, 3.8) is 0 Å². The number of methoxy groups -OCH3 is 1. The van der Waals surface area contributed by atoms with Crippen LogP contribution in [0.15, 0.2) is 80.4 Å². The van der Waals surface area contributed by atoms with E-state index in [0.29, 0.717) is 15.1 Å². The molecule has 0 unspecified atom stereocenters. The van der Waals surface area contributed by atoms with E-state index in [1.165, 1.54) is 22.5 Å². The van der Waals surface area contributed by atoms with E-state index < -0.39 is 0 Å². The molecule has 2 aromatic heterocycles. The van der Waals surface area contributed by atoms with Crippen molar-refractivity contribution in [3.05, 3.63) is 108 Å². The number of allylic oxidation sites excluding steroid dienone is 1. The number of hydrogen-bond acceptors (Lipinski definition) is 6. The van der Waals surface area contributed by atoms with Crippen LogP contribution in [0.4, 0.5) is 5.88 Å². The molecule has 0 bridgehead atoms. The third-order valence-corrected chi connectivity index (χ3v) is 8.25. The van der Waals surface area contributed by atoms with Gasteiger partial charge in [-0.15, -0.1) is 0 Å². The number of thiazole rings is 1. The summed E-state index contributed by atoms with van der Waals surface area (Å²) in [5.74, 6) is 2.27. The van der Waals surface area contributed by atoms with Gasteiger partial charge in [0, 0.05) is 30.8 Å². The first-order chi connectivity index (χ1) is 18.1. The molecule has 2 aromatic carbocycles. The zero-order valence-electron chi connectivity index (χ0n) is 21.2. The van der Waals surface area contributed by atoms with Gasteiger partial charge < -0.3 is 14.1 Å². The Balaban J connectivity index is 1.54. The van der Waals surface area contributed by atoms with Gasteiger partial charge in [-0.05, 0) is 61.6 Å². The molecule has 1 aliphatic carbocycles. The average Bonchev–Trinajstić information content (AvgIpc) is 3.52. The fourth-order valence-electron chi connectivity index (χ4n) is 5.36. The van der Waals surface area contributed by atoms with Gasteiger partial charge in [-0.1, -0.05) is 47.7 Å². The Kier molecular flexibility index (Phi) is 6.08. The van der Waals surface area contributed by atoms with E-state index >= 15 is 0 Å². The van der Waals surface area contributed by atoms with Crippen LogP contribution in [0, 0.1) is 0 Å². The first-order valence-corrected chi connectivity index (χ1v) is 13.5. The molecule has 188 valence electrons. The van der Waals surface area contributed by atoms with Gasteiger partial charge in [0.25, 0.3) is 5.56 Å². The summed E-state index contributed by atoms with van der Waals surface area (Å²) in [6, 6.07) is 20.2. The SMILES string of the molecule is CCN(CC)c1ccc(/C=c2\sc3n(c2=O)[C@@H](c2ccc(OC)cc2)C2=C(N=3)c3ccccc3CC2)o1. The maximum absolute atomic E-state index is 13.9. The smallest absolute Gasteiger partial charge is 0.271 e. The first-order valence-electron chi connectivity index (χ1n) is 12.7. The highest BCUT2D eigenvalue weighted by molar-refractivity contribution is 7.07. The van der Waals surface area contributed by atoms with Gasteiger partial charge >= 0.3 is 0 Å². The lowest BCUT2D eigenvalue weighted by atomic mass is 9.83. The standard InChI is InChI=1S/C30H29N3O3S/c1-4-32(5-2)26-17-15-22(36-26)18-25-29(34)33-28(20-10-13-21(35-3)14-11-20)24-16-12-19-8-6-7-9-23(19)27(24)31-30(33)37-25/h6-11,13-15,17-18,28H,4-5,12,16H2,1-3H3/b25-18-/t28-/m0/s1. The Hall–Kier alpha value is -3.84. The Labute approximate surface area is 219 Å². The largest absolute Gasteiger partial charge is 0.497 e. The van der Waals surface area contributed by atoms with E-state index in [9.17, 15) is 4.79 Å². The van der Waals surface area contributed by atoms with Crippen molar-refractivity contribution in [2.45, 2.75) is 32.7 Å². The lowest BCUT2D eigenvalue weighted by Crippen LogP contribution is -2.38. The number of ether oxygens (including phenoxy) is 1. The highest BCUT2D eigenvalue weighted by atomic mass is 32.1. The molecule has 4 aromatic rings. The average molecular weight is 512 g/mol. The molecule has 7 heteroatoms. The van der Waals surface area contributed by atoms with Crippen LogP contribution in [0.5, 0.6) is 5.75 Å². The zero-order chi connectivity index (χ0) is 25.5. The minimum absolute atomic E-state index is 0.0456. The minimum Gasteiger partial charge on any atom is -0.497 e. The van der Waals surface area contributed by atoms with Crippen LogP contribution >= 0.6 is 11.3 Å². The van der Waals surface area contributed by atoms with Crippen LogP contribution in [0.3, 0.4) is 0 Å². The lowest BCUT2D eigenvalue weighted by molar-refractivity contribution is 0.414. The van der Waals surface area contributed by atoms with Gasteiger partial charge in [0.15, 0.2) is 10.7 Å². The van der Waals surface area contributed by atoms with E-state index in [2.05, 4.69) is 55.1 Å². The van der Waals surface area contributed by atoms with E-state index in [1.807, 2.05) is 34.9 Å². The fraction of sp³-hybridized carbons (Fsp3) is 0.267. The number of aryl methyl sites for hydroxylation is 1. The van der Waals surface area contributed by atoms with Crippen molar-refractivity contribution in [1.82, 2.24) is 4.57 Å². The molecule has 0 spiro atoms. The van der Waals surface area contributed by atoms with Crippen molar-refractivity contribution in [1.29, 1.82) is 0 Å². The van der Waals surface area contributed by atoms with Crippen LogP contribution in [-0.4, -0.2) is 24.8 Å². The summed E-state index contributed by atoms with van der Waals surface area (Å²) in [5.41, 5.74) is 5.65. The van der Waals surface area contributed by atoms with Crippen LogP contribution in [0.1, 0.15) is 48.8 Å².